The van der Waals surface area contributed by atoms with Crippen LogP contribution in [0.5, 0.6) is 0 Å². The van der Waals surface area contributed by atoms with E-state index in [0.717, 1.165) is 12.8 Å². The summed E-state index contributed by atoms with van der Waals surface area (Å²) in [5.41, 5.74) is 1.92. The molecule has 1 rings (SSSR count). The number of benzene rings is 1. The van der Waals surface area contributed by atoms with Gasteiger partial charge in [-0.1, -0.05) is 32.9 Å². The molecule has 0 fully saturated rings. The van der Waals surface area contributed by atoms with Crippen LogP contribution >= 0.6 is 0 Å². The average molecular weight is 248 g/mol. The highest BCUT2D eigenvalue weighted by Gasteiger charge is 2.10. The number of hydrogen-bond donors (Lipinski definition) is 0. The Morgan fingerprint density at radius 2 is 1.78 bits per heavy atom. The molecule has 2 heteroatoms. The predicted octanol–water partition coefficient (Wildman–Crippen LogP) is 4.23. The number of ether oxygens (including phenoxy) is 1. The zero-order valence-electron chi connectivity index (χ0n) is 11.9. The van der Waals surface area contributed by atoms with Gasteiger partial charge in [0.2, 0.25) is 0 Å². The molecule has 0 aliphatic carbocycles. The van der Waals surface area contributed by atoms with Gasteiger partial charge in [-0.3, -0.25) is 0 Å². The standard InChI is InChI=1S/C16H24O2/c1-5-13(4)18-16(17)15-10-8-14(9-11-15)7-6-12(2)3/h8-13H,5-7H2,1-4H3. The maximum atomic E-state index is 11.8. The van der Waals surface area contributed by atoms with E-state index in [9.17, 15) is 4.79 Å². The number of carbonyl (C=O) groups is 1. The van der Waals surface area contributed by atoms with Crippen molar-refractivity contribution in [1.29, 1.82) is 0 Å². The molecule has 0 N–H and O–H groups in total. The summed E-state index contributed by atoms with van der Waals surface area (Å²) >= 11 is 0. The Labute approximate surface area is 110 Å². The molecule has 2 nitrogen and oxygen atoms in total. The Balaban J connectivity index is 2.56. The molecule has 0 bridgehead atoms. The van der Waals surface area contributed by atoms with Gasteiger partial charge in [0.25, 0.3) is 0 Å². The highest BCUT2D eigenvalue weighted by atomic mass is 16.5. The first-order chi connectivity index (χ1) is 8.52. The molecule has 0 saturated carbocycles. The van der Waals surface area contributed by atoms with Gasteiger partial charge in [-0.2, -0.15) is 0 Å². The van der Waals surface area contributed by atoms with E-state index in [1.54, 1.807) is 0 Å². The lowest BCUT2D eigenvalue weighted by Gasteiger charge is -2.11. The van der Waals surface area contributed by atoms with Gasteiger partial charge in [0.05, 0.1) is 11.7 Å². The number of carbonyl (C=O) groups excluding carboxylic acids is 1. The molecule has 100 valence electrons. The minimum atomic E-state index is -0.222. The van der Waals surface area contributed by atoms with Crippen molar-refractivity contribution in [2.75, 3.05) is 0 Å². The first-order valence-corrected chi connectivity index (χ1v) is 6.82. The van der Waals surface area contributed by atoms with Crippen LogP contribution in [0.3, 0.4) is 0 Å². The van der Waals surface area contributed by atoms with Crippen molar-refractivity contribution in [1.82, 2.24) is 0 Å². The van der Waals surface area contributed by atoms with Gasteiger partial charge in [-0.25, -0.2) is 4.79 Å². The highest BCUT2D eigenvalue weighted by Crippen LogP contribution is 2.12. The lowest BCUT2D eigenvalue weighted by Crippen LogP contribution is -2.13. The second kappa shape index (κ2) is 7.20. The summed E-state index contributed by atoms with van der Waals surface area (Å²) in [4.78, 5) is 11.8. The molecule has 18 heavy (non-hydrogen) atoms. The topological polar surface area (TPSA) is 26.3 Å². The van der Waals surface area contributed by atoms with Crippen molar-refractivity contribution in [2.45, 2.75) is 53.1 Å². The Morgan fingerprint density at radius 3 is 2.28 bits per heavy atom. The van der Waals surface area contributed by atoms with Crippen LogP contribution in [0.4, 0.5) is 0 Å². The van der Waals surface area contributed by atoms with Crippen molar-refractivity contribution in [3.05, 3.63) is 35.4 Å². The lowest BCUT2D eigenvalue weighted by atomic mass is 10.0. The SMILES string of the molecule is CCC(C)OC(=O)c1ccc(CCC(C)C)cc1. The Morgan fingerprint density at radius 1 is 1.17 bits per heavy atom. The monoisotopic (exact) mass is 248 g/mol. The molecule has 1 unspecified atom stereocenters. The van der Waals surface area contributed by atoms with E-state index in [-0.39, 0.29) is 12.1 Å². The first-order valence-electron chi connectivity index (χ1n) is 6.82. The molecule has 1 atom stereocenters. The molecule has 0 saturated heterocycles. The number of rotatable bonds is 6. The van der Waals surface area contributed by atoms with Crippen LogP contribution in [0.1, 0.15) is 56.5 Å². The fourth-order valence-electron chi connectivity index (χ4n) is 1.60. The molecule has 0 radical (unpaired) electrons. The van der Waals surface area contributed by atoms with Crippen LogP contribution in [0.15, 0.2) is 24.3 Å². The summed E-state index contributed by atoms with van der Waals surface area (Å²) in [6, 6.07) is 7.77. The maximum Gasteiger partial charge on any atom is 0.338 e. The number of aryl methyl sites for hydroxylation is 1. The molecule has 1 aromatic carbocycles. The fraction of sp³-hybridized carbons (Fsp3) is 0.562. The minimum absolute atomic E-state index is 0.0156. The lowest BCUT2D eigenvalue weighted by molar-refractivity contribution is 0.0334. The van der Waals surface area contributed by atoms with Gasteiger partial charge in [0.15, 0.2) is 0 Å². The smallest absolute Gasteiger partial charge is 0.338 e. The molecule has 0 spiro atoms. The van der Waals surface area contributed by atoms with Crippen molar-refractivity contribution in [3.63, 3.8) is 0 Å². The Bertz CT molecular complexity index is 365. The van der Waals surface area contributed by atoms with Crippen LogP contribution in [0.25, 0.3) is 0 Å². The van der Waals surface area contributed by atoms with E-state index in [4.69, 9.17) is 4.74 Å². The van der Waals surface area contributed by atoms with Crippen LogP contribution in [0.2, 0.25) is 0 Å². The van der Waals surface area contributed by atoms with Crippen molar-refractivity contribution in [3.8, 4) is 0 Å². The normalized spacial score (nSPS) is 12.5. The van der Waals surface area contributed by atoms with E-state index in [1.807, 2.05) is 38.1 Å². The zero-order chi connectivity index (χ0) is 13.5. The largest absolute Gasteiger partial charge is 0.459 e. The maximum absolute atomic E-state index is 11.8. The van der Waals surface area contributed by atoms with Crippen LogP contribution in [-0.2, 0) is 11.2 Å². The summed E-state index contributed by atoms with van der Waals surface area (Å²) in [6.45, 7) is 8.36. The first kappa shape index (κ1) is 14.7. The average Bonchev–Trinajstić information content (AvgIpc) is 2.36. The Kier molecular flexibility index (Phi) is 5.90. The molecule has 0 aliphatic heterocycles. The third-order valence-corrected chi connectivity index (χ3v) is 3.08. The summed E-state index contributed by atoms with van der Waals surface area (Å²) in [6.07, 6.45) is 3.07. The van der Waals surface area contributed by atoms with Crippen LogP contribution in [-0.4, -0.2) is 12.1 Å². The third-order valence-electron chi connectivity index (χ3n) is 3.08. The van der Waals surface area contributed by atoms with E-state index < -0.39 is 0 Å². The van der Waals surface area contributed by atoms with Gasteiger partial charge >= 0.3 is 5.97 Å². The fourth-order valence-corrected chi connectivity index (χ4v) is 1.60. The van der Waals surface area contributed by atoms with Crippen molar-refractivity contribution in [2.24, 2.45) is 5.92 Å². The van der Waals surface area contributed by atoms with Gasteiger partial charge < -0.3 is 4.74 Å². The molecule has 0 heterocycles. The van der Waals surface area contributed by atoms with E-state index in [2.05, 4.69) is 13.8 Å². The molecule has 0 aliphatic rings. The van der Waals surface area contributed by atoms with Crippen molar-refractivity contribution >= 4 is 5.97 Å². The summed E-state index contributed by atoms with van der Waals surface area (Å²) in [5, 5.41) is 0. The zero-order valence-corrected chi connectivity index (χ0v) is 11.9. The van der Waals surface area contributed by atoms with Crippen molar-refractivity contribution < 1.29 is 9.53 Å². The number of esters is 1. The molecule has 0 aromatic heterocycles. The quantitative estimate of drug-likeness (QED) is 0.704. The van der Waals surface area contributed by atoms with E-state index in [1.165, 1.54) is 12.0 Å². The van der Waals surface area contributed by atoms with Crippen LogP contribution in [0, 0.1) is 5.92 Å². The molecular weight excluding hydrogens is 224 g/mol. The van der Waals surface area contributed by atoms with Crippen LogP contribution < -0.4 is 0 Å². The second-order valence-electron chi connectivity index (χ2n) is 5.25. The number of hydrogen-bond acceptors (Lipinski definition) is 2. The van der Waals surface area contributed by atoms with Gasteiger partial charge in [0, 0.05) is 0 Å². The molecule has 1 aromatic rings. The minimum Gasteiger partial charge on any atom is -0.459 e. The highest BCUT2D eigenvalue weighted by molar-refractivity contribution is 5.89. The van der Waals surface area contributed by atoms with E-state index >= 15 is 0 Å². The summed E-state index contributed by atoms with van der Waals surface area (Å²) in [7, 11) is 0. The third kappa shape index (κ3) is 4.91. The second-order valence-corrected chi connectivity index (χ2v) is 5.25. The van der Waals surface area contributed by atoms with Gasteiger partial charge in [0.1, 0.15) is 0 Å². The van der Waals surface area contributed by atoms with E-state index in [0.29, 0.717) is 11.5 Å². The van der Waals surface area contributed by atoms with Gasteiger partial charge in [-0.05, 0) is 49.8 Å². The molecule has 0 amide bonds. The van der Waals surface area contributed by atoms with Gasteiger partial charge in [-0.15, -0.1) is 0 Å². The molecular formula is C16H24O2. The predicted molar refractivity (Wildman–Crippen MR) is 74.8 cm³/mol. The summed E-state index contributed by atoms with van der Waals surface area (Å²) < 4.78 is 5.28. The summed E-state index contributed by atoms with van der Waals surface area (Å²) in [5.74, 6) is 0.486. The Hall–Kier alpha value is -1.31.